The number of rotatable bonds is 5. The third-order valence-corrected chi connectivity index (χ3v) is 2.50. The molecular weight excluding hydrogens is 184 g/mol. The van der Waals surface area contributed by atoms with Crippen LogP contribution in [0.1, 0.15) is 31.4 Å². The molecule has 2 nitrogen and oxygen atoms in total. The van der Waals surface area contributed by atoms with E-state index in [1.54, 1.807) is 0 Å². The molecule has 0 bridgehead atoms. The smallest absolute Gasteiger partial charge is 0.0342 e. The number of hydrogen-bond donors (Lipinski definition) is 1. The molecule has 0 amide bonds. The molecule has 82 valence electrons. The van der Waals surface area contributed by atoms with Gasteiger partial charge in [-0.15, -0.1) is 0 Å². The van der Waals surface area contributed by atoms with Crippen LogP contribution in [0.15, 0.2) is 24.0 Å². The molecule has 0 aliphatic carbocycles. The summed E-state index contributed by atoms with van der Waals surface area (Å²) in [6.45, 7) is 8.43. The zero-order valence-corrected chi connectivity index (χ0v) is 9.88. The predicted molar refractivity (Wildman–Crippen MR) is 65.8 cm³/mol. The Kier molecular flexibility index (Phi) is 5.05. The van der Waals surface area contributed by atoms with Gasteiger partial charge < -0.3 is 5.32 Å². The van der Waals surface area contributed by atoms with Gasteiger partial charge in [0.2, 0.25) is 0 Å². The highest BCUT2D eigenvalue weighted by atomic mass is 14.8. The molecule has 0 saturated carbocycles. The second-order valence-electron chi connectivity index (χ2n) is 3.67. The van der Waals surface area contributed by atoms with Gasteiger partial charge in [-0.2, -0.15) is 0 Å². The lowest BCUT2D eigenvalue weighted by molar-refractivity contribution is 0.762. The van der Waals surface area contributed by atoms with Crippen LogP contribution < -0.4 is 5.32 Å². The van der Waals surface area contributed by atoms with Crippen LogP contribution >= 0.6 is 0 Å². The number of nitrogens with one attached hydrogen (secondary N) is 1. The van der Waals surface area contributed by atoms with E-state index in [0.29, 0.717) is 0 Å². The minimum absolute atomic E-state index is 0.974. The van der Waals surface area contributed by atoms with Gasteiger partial charge in [0.1, 0.15) is 0 Å². The molecule has 1 rings (SSSR count). The predicted octanol–water partition coefficient (Wildman–Crippen LogP) is 2.79. The Morgan fingerprint density at radius 1 is 1.47 bits per heavy atom. The number of aryl methyl sites for hydroxylation is 1. The van der Waals surface area contributed by atoms with E-state index in [1.165, 1.54) is 16.7 Å². The third-order valence-electron chi connectivity index (χ3n) is 2.50. The summed E-state index contributed by atoms with van der Waals surface area (Å²) in [6, 6.07) is 2.05. The molecule has 1 N–H and O–H groups in total. The summed E-state index contributed by atoms with van der Waals surface area (Å²) in [4.78, 5) is 4.15. The van der Waals surface area contributed by atoms with Crippen LogP contribution in [0.5, 0.6) is 0 Å². The summed E-state index contributed by atoms with van der Waals surface area (Å²) in [5.74, 6) is 0. The van der Waals surface area contributed by atoms with E-state index < -0.39 is 0 Å². The van der Waals surface area contributed by atoms with Crippen molar-refractivity contribution in [2.75, 3.05) is 13.1 Å². The van der Waals surface area contributed by atoms with E-state index in [4.69, 9.17) is 0 Å². The number of nitrogens with zero attached hydrogens (tertiary/aromatic N) is 1. The van der Waals surface area contributed by atoms with Gasteiger partial charge in [-0.05, 0) is 37.1 Å². The number of hydrogen-bond acceptors (Lipinski definition) is 2. The quantitative estimate of drug-likeness (QED) is 0.797. The molecule has 0 aromatic carbocycles. The Hall–Kier alpha value is -1.15. The topological polar surface area (TPSA) is 24.9 Å². The molecular formula is C13H20N2. The highest BCUT2D eigenvalue weighted by Gasteiger charge is 1.97. The van der Waals surface area contributed by atoms with Crippen molar-refractivity contribution < 1.29 is 0 Å². The van der Waals surface area contributed by atoms with Crippen LogP contribution in [0.2, 0.25) is 0 Å². The molecule has 2 heteroatoms. The van der Waals surface area contributed by atoms with Crippen molar-refractivity contribution in [2.45, 2.75) is 27.2 Å². The molecule has 1 aromatic rings. The summed E-state index contributed by atoms with van der Waals surface area (Å²) in [5, 5.41) is 3.35. The van der Waals surface area contributed by atoms with E-state index in [-0.39, 0.29) is 0 Å². The number of likely N-dealkylation sites (N-methyl/N-ethyl adjacent to an activating group) is 1. The Morgan fingerprint density at radius 2 is 2.27 bits per heavy atom. The molecule has 0 atom stereocenters. The van der Waals surface area contributed by atoms with Crippen LogP contribution in [0.4, 0.5) is 0 Å². The highest BCUT2D eigenvalue weighted by molar-refractivity contribution is 5.55. The van der Waals surface area contributed by atoms with E-state index in [2.05, 4.69) is 37.1 Å². The Bertz CT molecular complexity index is 329. The summed E-state index contributed by atoms with van der Waals surface area (Å²) in [7, 11) is 0. The molecule has 0 fully saturated rings. The lowest BCUT2D eigenvalue weighted by Gasteiger charge is -2.06. The Morgan fingerprint density at radius 3 is 2.87 bits per heavy atom. The molecule has 0 unspecified atom stereocenters. The maximum Gasteiger partial charge on any atom is 0.0342 e. The van der Waals surface area contributed by atoms with Crippen LogP contribution in [-0.4, -0.2) is 18.1 Å². The van der Waals surface area contributed by atoms with Gasteiger partial charge >= 0.3 is 0 Å². The fourth-order valence-electron chi connectivity index (χ4n) is 1.41. The van der Waals surface area contributed by atoms with Gasteiger partial charge in [-0.3, -0.25) is 4.98 Å². The van der Waals surface area contributed by atoms with E-state index in [0.717, 1.165) is 19.5 Å². The van der Waals surface area contributed by atoms with E-state index >= 15 is 0 Å². The van der Waals surface area contributed by atoms with Gasteiger partial charge in [0, 0.05) is 18.9 Å². The molecule has 1 heterocycles. The first-order chi connectivity index (χ1) is 7.27. The van der Waals surface area contributed by atoms with Crippen molar-refractivity contribution in [3.8, 4) is 0 Å². The Balaban J connectivity index is 2.78. The van der Waals surface area contributed by atoms with Crippen molar-refractivity contribution >= 4 is 6.08 Å². The average molecular weight is 204 g/mol. The fourth-order valence-corrected chi connectivity index (χ4v) is 1.41. The normalized spacial score (nSPS) is 11.8. The SMILES string of the molecule is CCNC/C(=C/c1cnccc1C)CC. The van der Waals surface area contributed by atoms with Crippen molar-refractivity contribution in [2.24, 2.45) is 0 Å². The largest absolute Gasteiger partial charge is 0.313 e. The van der Waals surface area contributed by atoms with Crippen LogP contribution in [-0.2, 0) is 0 Å². The molecule has 0 spiro atoms. The van der Waals surface area contributed by atoms with Crippen molar-refractivity contribution in [3.63, 3.8) is 0 Å². The third kappa shape index (κ3) is 3.84. The second-order valence-corrected chi connectivity index (χ2v) is 3.67. The van der Waals surface area contributed by atoms with Gasteiger partial charge in [0.15, 0.2) is 0 Å². The zero-order valence-electron chi connectivity index (χ0n) is 9.88. The lowest BCUT2D eigenvalue weighted by atomic mass is 10.1. The lowest BCUT2D eigenvalue weighted by Crippen LogP contribution is -2.15. The van der Waals surface area contributed by atoms with E-state index in [1.807, 2.05) is 18.5 Å². The molecule has 15 heavy (non-hydrogen) atoms. The molecule has 0 aliphatic heterocycles. The first kappa shape index (κ1) is 11.9. The van der Waals surface area contributed by atoms with Crippen LogP contribution in [0.3, 0.4) is 0 Å². The first-order valence-corrected chi connectivity index (χ1v) is 5.58. The van der Waals surface area contributed by atoms with Gasteiger partial charge in [-0.25, -0.2) is 0 Å². The average Bonchev–Trinajstić information content (AvgIpc) is 2.26. The standard InChI is InChI=1S/C13H20N2/c1-4-12(9-14-5-2)8-13-10-15-7-6-11(13)3/h6-8,10,14H,4-5,9H2,1-3H3/b12-8+. The summed E-state index contributed by atoms with van der Waals surface area (Å²) >= 11 is 0. The fraction of sp³-hybridized carbons (Fsp3) is 0.462. The van der Waals surface area contributed by atoms with Gasteiger partial charge in [0.25, 0.3) is 0 Å². The van der Waals surface area contributed by atoms with E-state index in [9.17, 15) is 0 Å². The van der Waals surface area contributed by atoms with Crippen molar-refractivity contribution in [1.82, 2.24) is 10.3 Å². The van der Waals surface area contributed by atoms with Crippen LogP contribution in [0.25, 0.3) is 6.08 Å². The number of aromatic nitrogens is 1. The maximum atomic E-state index is 4.15. The van der Waals surface area contributed by atoms with Crippen molar-refractivity contribution in [3.05, 3.63) is 35.2 Å². The monoisotopic (exact) mass is 204 g/mol. The second kappa shape index (κ2) is 6.36. The summed E-state index contributed by atoms with van der Waals surface area (Å²) in [5.41, 5.74) is 3.94. The molecule has 0 aliphatic rings. The molecule has 0 radical (unpaired) electrons. The molecule has 0 saturated heterocycles. The van der Waals surface area contributed by atoms with Gasteiger partial charge in [-0.1, -0.05) is 25.5 Å². The van der Waals surface area contributed by atoms with Crippen LogP contribution in [0, 0.1) is 6.92 Å². The minimum atomic E-state index is 0.974. The maximum absolute atomic E-state index is 4.15. The van der Waals surface area contributed by atoms with Crippen molar-refractivity contribution in [1.29, 1.82) is 0 Å². The Labute approximate surface area is 92.4 Å². The number of pyridine rings is 1. The first-order valence-electron chi connectivity index (χ1n) is 5.58. The minimum Gasteiger partial charge on any atom is -0.313 e. The zero-order chi connectivity index (χ0) is 11.1. The van der Waals surface area contributed by atoms with Gasteiger partial charge in [0.05, 0.1) is 0 Å². The molecule has 1 aromatic heterocycles. The summed E-state index contributed by atoms with van der Waals surface area (Å²) in [6.07, 6.45) is 7.09. The highest BCUT2D eigenvalue weighted by Crippen LogP contribution is 2.12. The summed E-state index contributed by atoms with van der Waals surface area (Å²) < 4.78 is 0.